The van der Waals surface area contributed by atoms with Crippen molar-refractivity contribution >= 4 is 0 Å². The molecule has 0 heterocycles. The standard InChI is InChI=1S/C20H42.C20H40.C20H34/c1-7-18(4)12-9-14-20(6)16-10-15-19(5)13-8-11-17(2)3;2*1-3-5-7-9-11-13-15-17-19-20-18-16-14-12-10-8-6-4-2/h17-20H,7-16H2,1-6H3;17,19H,3-16,18,20H2,1-2H3;9,11-12,14-15,17-18,20H,3-8,10,13,16,19H2,1-2H3/b;19-17-;11-9-,14-12-,17-15-,20-18-. The van der Waals surface area contributed by atoms with Crippen molar-refractivity contribution in [3.05, 3.63) is 60.8 Å². The largest absolute Gasteiger partial charge is 0.0885 e. The first-order valence-corrected chi connectivity index (χ1v) is 27.5. The van der Waals surface area contributed by atoms with E-state index in [4.69, 9.17) is 0 Å². The maximum atomic E-state index is 2.46. The molecule has 0 saturated carbocycles. The van der Waals surface area contributed by atoms with Crippen molar-refractivity contribution < 1.29 is 0 Å². The summed E-state index contributed by atoms with van der Waals surface area (Å²) in [6.45, 7) is 23.4. The minimum atomic E-state index is 0.882. The Morgan fingerprint density at radius 1 is 0.250 bits per heavy atom. The van der Waals surface area contributed by atoms with E-state index in [-0.39, 0.29) is 0 Å². The first kappa shape index (κ1) is 63.0. The third kappa shape index (κ3) is 63.3. The maximum Gasteiger partial charge on any atom is -0.0169 e. The molecule has 0 spiro atoms. The van der Waals surface area contributed by atoms with Crippen LogP contribution in [0.3, 0.4) is 0 Å². The van der Waals surface area contributed by atoms with E-state index in [1.807, 2.05) is 0 Å². The van der Waals surface area contributed by atoms with E-state index in [1.54, 1.807) is 0 Å². The third-order valence-corrected chi connectivity index (χ3v) is 12.3. The van der Waals surface area contributed by atoms with E-state index in [9.17, 15) is 0 Å². The van der Waals surface area contributed by atoms with E-state index in [0.717, 1.165) is 42.9 Å². The Morgan fingerprint density at radius 2 is 0.517 bits per heavy atom. The smallest absolute Gasteiger partial charge is 0.0169 e. The summed E-state index contributed by atoms with van der Waals surface area (Å²) in [4.78, 5) is 0. The van der Waals surface area contributed by atoms with Gasteiger partial charge in [0.25, 0.3) is 0 Å². The number of hydrogen-bond donors (Lipinski definition) is 0. The predicted octanol–water partition coefficient (Wildman–Crippen LogP) is 22.4. The first-order valence-electron chi connectivity index (χ1n) is 27.5. The summed E-state index contributed by atoms with van der Waals surface area (Å²) in [5.41, 5.74) is 0. The second kappa shape index (κ2) is 57.7. The molecular weight excluding hydrogens is 721 g/mol. The highest BCUT2D eigenvalue weighted by atomic mass is 14.1. The van der Waals surface area contributed by atoms with Gasteiger partial charge in [-0.15, -0.1) is 0 Å². The van der Waals surface area contributed by atoms with Crippen LogP contribution < -0.4 is 0 Å². The van der Waals surface area contributed by atoms with Crippen LogP contribution in [0.15, 0.2) is 60.8 Å². The number of hydrogen-bond acceptors (Lipinski definition) is 0. The Morgan fingerprint density at radius 3 is 0.883 bits per heavy atom. The lowest BCUT2D eigenvalue weighted by molar-refractivity contribution is 0.376. The van der Waals surface area contributed by atoms with Gasteiger partial charge >= 0.3 is 0 Å². The third-order valence-electron chi connectivity index (χ3n) is 12.3. The summed E-state index contributed by atoms with van der Waals surface area (Å²) in [6.07, 6.45) is 72.3. The molecule has 0 rings (SSSR count). The number of unbranched alkanes of at least 4 members (excludes halogenated alkanes) is 19. The molecule has 0 radical (unpaired) electrons. The molecule has 0 aromatic heterocycles. The fraction of sp³-hybridized carbons (Fsp3) is 0.833. The highest BCUT2D eigenvalue weighted by Gasteiger charge is 2.07. The van der Waals surface area contributed by atoms with Gasteiger partial charge in [0.05, 0.1) is 0 Å². The van der Waals surface area contributed by atoms with E-state index in [0.29, 0.717) is 0 Å². The zero-order valence-electron chi connectivity index (χ0n) is 43.5. The molecule has 0 nitrogen and oxygen atoms in total. The average molecular weight is 838 g/mol. The van der Waals surface area contributed by atoms with Crippen LogP contribution in [-0.4, -0.2) is 0 Å². The lowest BCUT2D eigenvalue weighted by Crippen LogP contribution is -2.01. The van der Waals surface area contributed by atoms with Crippen molar-refractivity contribution in [3.8, 4) is 0 Å². The number of rotatable bonds is 42. The van der Waals surface area contributed by atoms with Gasteiger partial charge in [-0.1, -0.05) is 297 Å². The Labute approximate surface area is 383 Å². The molecule has 0 heteroatoms. The van der Waals surface area contributed by atoms with E-state index in [1.165, 1.54) is 212 Å². The Hall–Kier alpha value is -1.30. The normalized spacial score (nSPS) is 13.5. The van der Waals surface area contributed by atoms with Gasteiger partial charge < -0.3 is 0 Å². The van der Waals surface area contributed by atoms with Crippen LogP contribution >= 0.6 is 0 Å². The van der Waals surface area contributed by atoms with Crippen LogP contribution in [0, 0.1) is 23.7 Å². The number of allylic oxidation sites excluding steroid dienone is 10. The molecule has 0 N–H and O–H groups in total. The molecule has 0 bridgehead atoms. The van der Waals surface area contributed by atoms with E-state index < -0.39 is 0 Å². The molecule has 0 aliphatic carbocycles. The monoisotopic (exact) mass is 837 g/mol. The molecule has 60 heavy (non-hydrogen) atoms. The molecule has 3 atom stereocenters. The molecule has 0 aliphatic heterocycles. The molecule has 0 aromatic rings. The highest BCUT2D eigenvalue weighted by Crippen LogP contribution is 2.22. The summed E-state index contributed by atoms with van der Waals surface area (Å²) in [5, 5.41) is 0. The summed E-state index contributed by atoms with van der Waals surface area (Å²) in [6, 6.07) is 0. The molecule has 0 aromatic carbocycles. The predicted molar refractivity (Wildman–Crippen MR) is 283 cm³/mol. The molecule has 356 valence electrons. The molecule has 0 saturated heterocycles. The molecular formula is C60H116. The lowest BCUT2D eigenvalue weighted by Gasteiger charge is -2.15. The zero-order valence-corrected chi connectivity index (χ0v) is 43.5. The van der Waals surface area contributed by atoms with Gasteiger partial charge in [-0.2, -0.15) is 0 Å². The second-order valence-corrected chi connectivity index (χ2v) is 19.4. The fourth-order valence-corrected chi connectivity index (χ4v) is 7.55. The molecule has 0 fully saturated rings. The summed E-state index contributed by atoms with van der Waals surface area (Å²) >= 11 is 0. The second-order valence-electron chi connectivity index (χ2n) is 19.4. The Kier molecular flexibility index (Phi) is 60.6. The van der Waals surface area contributed by atoms with Crippen LogP contribution in [0.2, 0.25) is 0 Å². The minimum absolute atomic E-state index is 0.882. The van der Waals surface area contributed by atoms with Crippen molar-refractivity contribution in [1.29, 1.82) is 0 Å². The van der Waals surface area contributed by atoms with E-state index >= 15 is 0 Å². The summed E-state index contributed by atoms with van der Waals surface area (Å²) in [5.74, 6) is 3.71. The van der Waals surface area contributed by atoms with Gasteiger partial charge in [-0.3, -0.25) is 0 Å². The van der Waals surface area contributed by atoms with Crippen LogP contribution in [0.25, 0.3) is 0 Å². The topological polar surface area (TPSA) is 0 Å². The van der Waals surface area contributed by atoms with Crippen LogP contribution in [-0.2, 0) is 0 Å². The van der Waals surface area contributed by atoms with Crippen LogP contribution in [0.1, 0.15) is 300 Å². The first-order chi connectivity index (χ1) is 29.3. The van der Waals surface area contributed by atoms with Crippen LogP contribution in [0.5, 0.6) is 0 Å². The summed E-state index contributed by atoms with van der Waals surface area (Å²) in [7, 11) is 0. The van der Waals surface area contributed by atoms with Crippen molar-refractivity contribution in [2.45, 2.75) is 300 Å². The summed E-state index contributed by atoms with van der Waals surface area (Å²) < 4.78 is 0. The zero-order chi connectivity index (χ0) is 44.8. The van der Waals surface area contributed by atoms with Crippen molar-refractivity contribution in [1.82, 2.24) is 0 Å². The van der Waals surface area contributed by atoms with Gasteiger partial charge in [0.1, 0.15) is 0 Å². The van der Waals surface area contributed by atoms with Gasteiger partial charge in [0.2, 0.25) is 0 Å². The van der Waals surface area contributed by atoms with Crippen LogP contribution in [0.4, 0.5) is 0 Å². The van der Waals surface area contributed by atoms with Gasteiger partial charge in [-0.05, 0) is 87.9 Å². The quantitative estimate of drug-likeness (QED) is 0.0424. The molecule has 3 unspecified atom stereocenters. The molecule has 0 aliphatic rings. The van der Waals surface area contributed by atoms with Gasteiger partial charge in [0, 0.05) is 0 Å². The van der Waals surface area contributed by atoms with Crippen molar-refractivity contribution in [2.24, 2.45) is 23.7 Å². The van der Waals surface area contributed by atoms with Gasteiger partial charge in [-0.25, -0.2) is 0 Å². The van der Waals surface area contributed by atoms with E-state index in [2.05, 4.69) is 130 Å². The van der Waals surface area contributed by atoms with Crippen molar-refractivity contribution in [2.75, 3.05) is 0 Å². The van der Waals surface area contributed by atoms with Crippen molar-refractivity contribution in [3.63, 3.8) is 0 Å². The lowest BCUT2D eigenvalue weighted by atomic mass is 9.91. The maximum absolute atomic E-state index is 2.46. The minimum Gasteiger partial charge on any atom is -0.0885 e. The highest BCUT2D eigenvalue weighted by molar-refractivity contribution is 4.99. The molecule has 0 amide bonds. The SMILES string of the molecule is CCC(C)CCCC(C)CCCC(C)CCCC(C)C.CCCC/C=C\C/C=C\C/C=C\C/C=C\CCCCC.CCCCCCCC/C=C\CCCCCCCCCC. The Balaban J connectivity index is -0.000000812. The van der Waals surface area contributed by atoms with Gasteiger partial charge in [0.15, 0.2) is 0 Å². The fourth-order valence-electron chi connectivity index (χ4n) is 7.55. The average Bonchev–Trinajstić information content (AvgIpc) is 3.23. The Bertz CT molecular complexity index is 882.